The molecule has 2 unspecified atom stereocenters. The molecule has 0 spiro atoms. The number of ether oxygens (including phenoxy) is 2. The summed E-state index contributed by atoms with van der Waals surface area (Å²) in [6, 6.07) is 14.1. The molecular weight excluding hydrogens is 725 g/mol. The quantitative estimate of drug-likeness (QED) is 0.117. The maximum Gasteiger partial charge on any atom is 0.412 e. The van der Waals surface area contributed by atoms with Crippen molar-refractivity contribution in [3.05, 3.63) is 64.7 Å². The van der Waals surface area contributed by atoms with Gasteiger partial charge in [0, 0.05) is 24.8 Å². The Kier molecular flexibility index (Phi) is 14.7. The molecule has 0 saturated carbocycles. The lowest BCUT2D eigenvalue weighted by Gasteiger charge is -2.20. The normalized spacial score (nSPS) is 16.2. The van der Waals surface area contributed by atoms with Gasteiger partial charge < -0.3 is 20.1 Å². The first kappa shape index (κ1) is 40.9. The van der Waals surface area contributed by atoms with Gasteiger partial charge in [-0.1, -0.05) is 47.4 Å². The Morgan fingerprint density at radius 1 is 0.788 bits per heavy atom. The van der Waals surface area contributed by atoms with Gasteiger partial charge in [-0.3, -0.25) is 20.2 Å². The number of hydrogen-bond acceptors (Lipinski definition) is 13. The molecule has 4 amide bonds. The predicted molar refractivity (Wildman–Crippen MR) is 208 cm³/mol. The summed E-state index contributed by atoms with van der Waals surface area (Å²) < 4.78 is 10.5. The van der Waals surface area contributed by atoms with Crippen LogP contribution >= 0.6 is 34.9 Å². The van der Waals surface area contributed by atoms with Gasteiger partial charge in [0.1, 0.15) is 21.7 Å². The number of carbonyl (C=O) groups is 4. The van der Waals surface area contributed by atoms with Gasteiger partial charge in [0.2, 0.25) is 16.9 Å². The summed E-state index contributed by atoms with van der Waals surface area (Å²) >= 11 is 4.85. The van der Waals surface area contributed by atoms with E-state index in [2.05, 4.69) is 36.9 Å². The molecule has 1 aliphatic heterocycles. The lowest BCUT2D eigenvalue weighted by Crippen LogP contribution is -2.45. The van der Waals surface area contributed by atoms with Crippen LogP contribution in [-0.2, 0) is 38.3 Å². The summed E-state index contributed by atoms with van der Waals surface area (Å²) in [4.78, 5) is 49.3. The maximum absolute atomic E-state index is 12.8. The second-order valence-corrected chi connectivity index (χ2v) is 17.6. The smallest absolute Gasteiger partial charge is 0.412 e. The number of carbonyl (C=O) groups excluding carboxylic acids is 4. The topological polar surface area (TPSA) is 176 Å². The van der Waals surface area contributed by atoms with Crippen molar-refractivity contribution in [3.63, 3.8) is 0 Å². The fourth-order valence-corrected chi connectivity index (χ4v) is 7.88. The van der Waals surface area contributed by atoms with Crippen LogP contribution in [0.5, 0.6) is 0 Å². The van der Waals surface area contributed by atoms with Crippen molar-refractivity contribution in [2.75, 3.05) is 34.5 Å². The van der Waals surface area contributed by atoms with Gasteiger partial charge in [-0.25, -0.2) is 20.0 Å². The maximum atomic E-state index is 12.8. The minimum Gasteiger partial charge on any atom is -0.444 e. The van der Waals surface area contributed by atoms with Crippen molar-refractivity contribution in [3.8, 4) is 0 Å². The van der Waals surface area contributed by atoms with E-state index < -0.39 is 23.4 Å². The molecular formula is C35H48N8O6S3. The second kappa shape index (κ2) is 18.7. The van der Waals surface area contributed by atoms with Gasteiger partial charge in [-0.05, 0) is 94.9 Å². The van der Waals surface area contributed by atoms with E-state index in [1.54, 1.807) is 89.7 Å². The molecule has 1 saturated heterocycles. The van der Waals surface area contributed by atoms with E-state index in [-0.39, 0.29) is 35.5 Å². The molecule has 1 fully saturated rings. The number of aryl methyl sites for hydroxylation is 1. The highest BCUT2D eigenvalue weighted by Gasteiger charge is 2.30. The number of hydrogen-bond donors (Lipinski definition) is 5. The number of hydrazine groups is 1. The zero-order valence-electron chi connectivity index (χ0n) is 30.5. The van der Waals surface area contributed by atoms with Gasteiger partial charge in [0.25, 0.3) is 0 Å². The molecule has 14 nitrogen and oxygen atoms in total. The Balaban J connectivity index is 1.08. The van der Waals surface area contributed by atoms with Gasteiger partial charge in [0.05, 0.1) is 18.2 Å². The predicted octanol–water partition coefficient (Wildman–Crippen LogP) is 6.23. The molecule has 1 aliphatic rings. The minimum absolute atomic E-state index is 0.0926. The highest BCUT2D eigenvalue weighted by Crippen LogP contribution is 2.27. The molecule has 2 aromatic carbocycles. The molecule has 0 aliphatic carbocycles. The van der Waals surface area contributed by atoms with Gasteiger partial charge in [0.15, 0.2) is 0 Å². The molecule has 2 atom stereocenters. The standard InChI is InChI=1S/C35H48N8O6S3/c1-34(2,3)48-32(46)36-24-12-8-22(9-13-24)20-26(44)38-30-41-40-28(51-30)16-18-50-19-17-29-42-43(7)31(52-29)39-27(45)21-23-10-14-25(15-11-23)37-33(47)49-35(4,5)6/h8-15,29,31,42H,16-21H2,1-7H3,(H,36,46)(H,37,47)(H,39,45)(H,38,41,44). The SMILES string of the molecule is CN1NC(CCSCCc2nnc(NC(=O)Cc3ccc(NC(=O)OC(C)(C)C)cc3)s2)SC1NC(=O)Cc1ccc(NC(=O)OC(C)(C)C)cc1. The molecule has 17 heteroatoms. The highest BCUT2D eigenvalue weighted by atomic mass is 32.2. The molecule has 3 aromatic rings. The fourth-order valence-electron chi connectivity index (χ4n) is 4.67. The van der Waals surface area contributed by atoms with Crippen molar-refractivity contribution < 1.29 is 28.7 Å². The first-order valence-electron chi connectivity index (χ1n) is 16.8. The number of nitrogens with one attached hydrogen (secondary N) is 5. The third-order valence-corrected chi connectivity index (χ3v) is 10.2. The third kappa shape index (κ3) is 15.0. The van der Waals surface area contributed by atoms with Crippen LogP contribution in [0.25, 0.3) is 0 Å². The van der Waals surface area contributed by atoms with E-state index in [0.717, 1.165) is 40.5 Å². The number of amides is 4. The number of thioether (sulfide) groups is 2. The third-order valence-electron chi connectivity index (χ3n) is 6.90. The molecule has 0 bridgehead atoms. The summed E-state index contributed by atoms with van der Waals surface area (Å²) in [5.41, 5.74) is 4.86. The van der Waals surface area contributed by atoms with E-state index in [9.17, 15) is 19.2 Å². The average Bonchev–Trinajstić information content (AvgIpc) is 3.61. The Morgan fingerprint density at radius 2 is 1.33 bits per heavy atom. The van der Waals surface area contributed by atoms with Crippen LogP contribution in [0.4, 0.5) is 26.1 Å². The molecule has 2 heterocycles. The number of rotatable bonds is 14. The molecule has 4 rings (SSSR count). The fraction of sp³-hybridized carbons (Fsp3) is 0.486. The van der Waals surface area contributed by atoms with Gasteiger partial charge in [-0.2, -0.15) is 11.8 Å². The van der Waals surface area contributed by atoms with Crippen LogP contribution in [0.15, 0.2) is 48.5 Å². The number of aromatic nitrogens is 2. The zero-order chi connectivity index (χ0) is 37.9. The molecule has 282 valence electrons. The Hall–Kier alpha value is -3.90. The van der Waals surface area contributed by atoms with Crippen LogP contribution in [-0.4, -0.2) is 79.8 Å². The Labute approximate surface area is 317 Å². The van der Waals surface area contributed by atoms with Crippen LogP contribution in [0.3, 0.4) is 0 Å². The molecule has 1 aromatic heterocycles. The first-order valence-corrected chi connectivity index (χ1v) is 19.7. The van der Waals surface area contributed by atoms with E-state index in [4.69, 9.17) is 9.47 Å². The van der Waals surface area contributed by atoms with Crippen LogP contribution in [0.2, 0.25) is 0 Å². The summed E-state index contributed by atoms with van der Waals surface area (Å²) in [7, 11) is 1.91. The summed E-state index contributed by atoms with van der Waals surface area (Å²) in [6.45, 7) is 10.8. The van der Waals surface area contributed by atoms with Crippen molar-refractivity contribution >= 4 is 75.4 Å². The summed E-state index contributed by atoms with van der Waals surface area (Å²) in [6.07, 6.45) is 0.975. The first-order chi connectivity index (χ1) is 24.5. The largest absolute Gasteiger partial charge is 0.444 e. The molecule has 5 N–H and O–H groups in total. The molecule has 52 heavy (non-hydrogen) atoms. The zero-order valence-corrected chi connectivity index (χ0v) is 33.0. The summed E-state index contributed by atoms with van der Waals surface area (Å²) in [5, 5.41) is 23.0. The van der Waals surface area contributed by atoms with Crippen molar-refractivity contribution in [2.24, 2.45) is 0 Å². The van der Waals surface area contributed by atoms with E-state index in [1.807, 2.05) is 36.0 Å². The Morgan fingerprint density at radius 3 is 1.87 bits per heavy atom. The number of nitrogens with zero attached hydrogens (tertiary/aromatic N) is 3. The van der Waals surface area contributed by atoms with E-state index >= 15 is 0 Å². The van der Waals surface area contributed by atoms with E-state index in [0.29, 0.717) is 16.5 Å². The van der Waals surface area contributed by atoms with Crippen LogP contribution in [0, 0.1) is 0 Å². The van der Waals surface area contributed by atoms with Gasteiger partial charge >= 0.3 is 12.2 Å². The van der Waals surface area contributed by atoms with Crippen molar-refractivity contribution in [1.82, 2.24) is 25.9 Å². The average molecular weight is 773 g/mol. The highest BCUT2D eigenvalue weighted by molar-refractivity contribution is 8.01. The van der Waals surface area contributed by atoms with Crippen molar-refractivity contribution in [1.29, 1.82) is 0 Å². The van der Waals surface area contributed by atoms with Crippen LogP contribution < -0.4 is 26.7 Å². The number of anilines is 3. The second-order valence-electron chi connectivity index (χ2n) is 14.0. The number of benzene rings is 2. The minimum atomic E-state index is -0.590. The Bertz CT molecular complexity index is 1660. The van der Waals surface area contributed by atoms with Crippen LogP contribution in [0.1, 0.15) is 64.1 Å². The lowest BCUT2D eigenvalue weighted by molar-refractivity contribution is -0.121. The lowest BCUT2D eigenvalue weighted by atomic mass is 10.1. The molecule has 0 radical (unpaired) electrons. The van der Waals surface area contributed by atoms with Gasteiger partial charge in [-0.15, -0.1) is 10.2 Å². The monoisotopic (exact) mass is 772 g/mol. The summed E-state index contributed by atoms with van der Waals surface area (Å²) in [5.74, 6) is 1.50. The van der Waals surface area contributed by atoms with E-state index in [1.165, 1.54) is 11.3 Å². The van der Waals surface area contributed by atoms with Crippen molar-refractivity contribution in [2.45, 2.75) is 89.3 Å².